The van der Waals surface area contributed by atoms with E-state index in [4.69, 9.17) is 4.74 Å². The van der Waals surface area contributed by atoms with Gasteiger partial charge in [0, 0.05) is 31.1 Å². The number of piperidine rings is 1. The third-order valence-corrected chi connectivity index (χ3v) is 5.62. The minimum absolute atomic E-state index is 0.0311. The topological polar surface area (TPSA) is 58.6 Å². The zero-order valence-corrected chi connectivity index (χ0v) is 18.8. The van der Waals surface area contributed by atoms with Crippen LogP contribution in [-0.2, 0) is 17.4 Å². The molecule has 0 spiro atoms. The summed E-state index contributed by atoms with van der Waals surface area (Å²) in [5, 5.41) is 2.96. The van der Waals surface area contributed by atoms with Gasteiger partial charge in [0.25, 0.3) is 5.91 Å². The number of ether oxygens (including phenoxy) is 1. The summed E-state index contributed by atoms with van der Waals surface area (Å²) in [7, 11) is 0. The minimum atomic E-state index is -4.43. The van der Waals surface area contributed by atoms with Crippen molar-refractivity contribution < 1.29 is 27.5 Å². The van der Waals surface area contributed by atoms with Crippen molar-refractivity contribution >= 4 is 11.8 Å². The Hall–Kier alpha value is -3.03. The van der Waals surface area contributed by atoms with Gasteiger partial charge in [0.1, 0.15) is 5.75 Å². The predicted octanol–water partition coefficient (Wildman–Crippen LogP) is 4.70. The predicted molar refractivity (Wildman–Crippen MR) is 119 cm³/mol. The Morgan fingerprint density at radius 2 is 1.64 bits per heavy atom. The quantitative estimate of drug-likeness (QED) is 0.649. The van der Waals surface area contributed by atoms with Crippen molar-refractivity contribution in [3.63, 3.8) is 0 Å². The van der Waals surface area contributed by atoms with Crippen LogP contribution in [0.1, 0.15) is 48.2 Å². The summed E-state index contributed by atoms with van der Waals surface area (Å²) in [5.74, 6) is 0.294. The molecule has 1 aliphatic rings. The first kappa shape index (κ1) is 24.6. The van der Waals surface area contributed by atoms with Crippen molar-refractivity contribution in [1.29, 1.82) is 0 Å². The maximum Gasteiger partial charge on any atom is 0.416 e. The molecular weight excluding hydrogens is 433 g/mol. The van der Waals surface area contributed by atoms with Crippen LogP contribution in [0.3, 0.4) is 0 Å². The number of benzene rings is 2. The molecule has 2 aromatic rings. The van der Waals surface area contributed by atoms with E-state index in [2.05, 4.69) is 5.32 Å². The van der Waals surface area contributed by atoms with E-state index >= 15 is 0 Å². The van der Waals surface area contributed by atoms with Gasteiger partial charge in [-0.15, -0.1) is 0 Å². The molecular formula is C25H29F3N2O3. The van der Waals surface area contributed by atoms with Gasteiger partial charge in [-0.25, -0.2) is 0 Å². The first-order chi connectivity index (χ1) is 15.6. The van der Waals surface area contributed by atoms with Gasteiger partial charge in [0.15, 0.2) is 0 Å². The van der Waals surface area contributed by atoms with E-state index < -0.39 is 11.7 Å². The summed E-state index contributed by atoms with van der Waals surface area (Å²) in [5.41, 5.74) is 0.536. The Bertz CT molecular complexity index is 933. The van der Waals surface area contributed by atoms with Gasteiger partial charge in [-0.2, -0.15) is 13.2 Å². The first-order valence-corrected chi connectivity index (χ1v) is 11.1. The highest BCUT2D eigenvalue weighted by atomic mass is 19.4. The van der Waals surface area contributed by atoms with Crippen LogP contribution < -0.4 is 10.1 Å². The summed E-state index contributed by atoms with van der Waals surface area (Å²) in [6.07, 6.45) is -2.55. The molecule has 0 radical (unpaired) electrons. The van der Waals surface area contributed by atoms with Crippen LogP contribution in [0.5, 0.6) is 5.75 Å². The molecule has 0 bridgehead atoms. The minimum Gasteiger partial charge on any atom is -0.491 e. The van der Waals surface area contributed by atoms with Gasteiger partial charge in [-0.3, -0.25) is 9.59 Å². The van der Waals surface area contributed by atoms with Crippen molar-refractivity contribution in [3.05, 3.63) is 65.2 Å². The van der Waals surface area contributed by atoms with Gasteiger partial charge < -0.3 is 15.0 Å². The van der Waals surface area contributed by atoms with Crippen molar-refractivity contribution in [2.45, 2.75) is 45.4 Å². The average molecular weight is 463 g/mol. The number of alkyl halides is 3. The Kier molecular flexibility index (Phi) is 8.00. The molecule has 1 N–H and O–H groups in total. The molecule has 8 heteroatoms. The number of nitrogens with zero attached hydrogens (tertiary/aromatic N) is 1. The smallest absolute Gasteiger partial charge is 0.416 e. The molecule has 2 aromatic carbocycles. The summed E-state index contributed by atoms with van der Waals surface area (Å²) in [6, 6.07) is 12.0. The molecule has 3 rings (SSSR count). The van der Waals surface area contributed by atoms with Crippen molar-refractivity contribution in [2.24, 2.45) is 5.92 Å². The molecule has 1 fully saturated rings. The fraction of sp³-hybridized carbons (Fsp3) is 0.440. The summed E-state index contributed by atoms with van der Waals surface area (Å²) < 4.78 is 43.7. The molecule has 1 saturated heterocycles. The van der Waals surface area contributed by atoms with Crippen molar-refractivity contribution in [3.8, 4) is 5.75 Å². The monoisotopic (exact) mass is 462 g/mol. The molecule has 0 aliphatic carbocycles. The number of rotatable bonds is 7. The molecule has 0 unspecified atom stereocenters. The Morgan fingerprint density at radius 1 is 1.03 bits per heavy atom. The number of carbonyl (C=O) groups excluding carboxylic acids is 2. The lowest BCUT2D eigenvalue weighted by Crippen LogP contribution is -2.43. The number of hydrogen-bond acceptors (Lipinski definition) is 3. The van der Waals surface area contributed by atoms with Crippen LogP contribution in [0.15, 0.2) is 48.5 Å². The lowest BCUT2D eigenvalue weighted by Gasteiger charge is -2.31. The third-order valence-electron chi connectivity index (χ3n) is 5.62. The molecule has 2 amide bonds. The van der Waals surface area contributed by atoms with E-state index in [9.17, 15) is 22.8 Å². The molecule has 33 heavy (non-hydrogen) atoms. The zero-order chi connectivity index (χ0) is 24.0. The fourth-order valence-electron chi connectivity index (χ4n) is 3.81. The highest BCUT2D eigenvalue weighted by Crippen LogP contribution is 2.29. The summed E-state index contributed by atoms with van der Waals surface area (Å²) in [6.45, 7) is 5.26. The lowest BCUT2D eigenvalue weighted by molar-refractivity contribution is -0.137. The molecule has 0 saturated carbocycles. The second kappa shape index (κ2) is 10.7. The number of amides is 2. The van der Waals surface area contributed by atoms with Crippen molar-refractivity contribution in [2.75, 3.05) is 19.6 Å². The average Bonchev–Trinajstić information content (AvgIpc) is 2.79. The van der Waals surface area contributed by atoms with Crippen LogP contribution in [0.4, 0.5) is 13.2 Å². The van der Waals surface area contributed by atoms with E-state index in [-0.39, 0.29) is 29.4 Å². The molecule has 1 heterocycles. The standard InChI is InChI=1S/C25H29F3N2O3/c1-17(2)33-22-9-3-18(4-10-22)11-14-29-23(31)19-12-15-30(16-13-19)24(32)20-5-7-21(8-6-20)25(26,27)28/h3-10,17,19H,11-16H2,1-2H3,(H,29,31). The molecule has 0 atom stereocenters. The SMILES string of the molecule is CC(C)Oc1ccc(CCNC(=O)C2CCN(C(=O)c3ccc(C(F)(F)F)cc3)CC2)cc1. The Labute approximate surface area is 191 Å². The van der Waals surface area contributed by atoms with E-state index in [1.165, 1.54) is 12.1 Å². The second-order valence-electron chi connectivity index (χ2n) is 8.49. The van der Waals surface area contributed by atoms with Gasteiger partial charge in [-0.1, -0.05) is 12.1 Å². The van der Waals surface area contributed by atoms with Crippen LogP contribution in [0, 0.1) is 5.92 Å². The van der Waals surface area contributed by atoms with Gasteiger partial charge in [0.2, 0.25) is 5.91 Å². The van der Waals surface area contributed by atoms with E-state index in [1.54, 1.807) is 4.90 Å². The fourth-order valence-corrected chi connectivity index (χ4v) is 3.81. The summed E-state index contributed by atoms with van der Waals surface area (Å²) in [4.78, 5) is 26.7. The maximum absolute atomic E-state index is 12.7. The number of likely N-dealkylation sites (tertiary alicyclic amines) is 1. The number of carbonyl (C=O) groups is 2. The van der Waals surface area contributed by atoms with Crippen molar-refractivity contribution in [1.82, 2.24) is 10.2 Å². The first-order valence-electron chi connectivity index (χ1n) is 11.1. The zero-order valence-electron chi connectivity index (χ0n) is 18.8. The van der Waals surface area contributed by atoms with E-state index in [0.717, 1.165) is 23.4 Å². The van der Waals surface area contributed by atoms with E-state index in [1.807, 2.05) is 38.1 Å². The van der Waals surface area contributed by atoms with Gasteiger partial charge in [-0.05, 0) is 75.1 Å². The Balaban J connectivity index is 1.42. The third kappa shape index (κ3) is 6.97. The lowest BCUT2D eigenvalue weighted by atomic mass is 9.95. The highest BCUT2D eigenvalue weighted by molar-refractivity contribution is 5.94. The molecule has 5 nitrogen and oxygen atoms in total. The largest absolute Gasteiger partial charge is 0.491 e. The molecule has 178 valence electrons. The normalized spacial score (nSPS) is 14.9. The molecule has 0 aromatic heterocycles. The maximum atomic E-state index is 12.7. The van der Waals surface area contributed by atoms with Gasteiger partial charge in [0.05, 0.1) is 11.7 Å². The number of hydrogen-bond donors (Lipinski definition) is 1. The van der Waals surface area contributed by atoms with Crippen LogP contribution in [-0.4, -0.2) is 42.5 Å². The van der Waals surface area contributed by atoms with Crippen LogP contribution in [0.2, 0.25) is 0 Å². The molecule has 1 aliphatic heterocycles. The van der Waals surface area contributed by atoms with E-state index in [0.29, 0.717) is 38.9 Å². The van der Waals surface area contributed by atoms with Gasteiger partial charge >= 0.3 is 6.18 Å². The van der Waals surface area contributed by atoms with Crippen LogP contribution in [0.25, 0.3) is 0 Å². The Morgan fingerprint density at radius 3 is 2.18 bits per heavy atom. The second-order valence-corrected chi connectivity index (χ2v) is 8.49. The van der Waals surface area contributed by atoms with Crippen LogP contribution >= 0.6 is 0 Å². The number of nitrogens with one attached hydrogen (secondary N) is 1. The number of halogens is 3. The highest BCUT2D eigenvalue weighted by Gasteiger charge is 2.31. The summed E-state index contributed by atoms with van der Waals surface area (Å²) >= 11 is 0.